The van der Waals surface area contributed by atoms with Gasteiger partial charge in [-0.1, -0.05) is 0 Å². The van der Waals surface area contributed by atoms with Gasteiger partial charge in [-0.05, 0) is 0 Å². The van der Waals surface area contributed by atoms with Gasteiger partial charge < -0.3 is 18.6 Å². The van der Waals surface area contributed by atoms with E-state index >= 15 is 0 Å². The first-order valence-electron chi connectivity index (χ1n) is 0.617. The van der Waals surface area contributed by atoms with E-state index in [1.165, 1.54) is 0 Å². The first-order chi connectivity index (χ1) is 2.83. The molecule has 7 heavy (non-hydrogen) atoms. The molecule has 0 amide bonds. The van der Waals surface area contributed by atoms with Crippen LogP contribution >= 0.6 is 0 Å². The van der Waals surface area contributed by atoms with E-state index in [-0.39, 0.29) is 16.8 Å². The largest absolute Gasteiger partial charge is 2.00 e. The Labute approximate surface area is 58.5 Å². The number of halogens is 2. The van der Waals surface area contributed by atoms with Crippen LogP contribution in [0.15, 0.2) is 0 Å². The van der Waals surface area contributed by atoms with E-state index in [0.717, 1.165) is 0 Å². The molecule has 1 radical (unpaired) electrons. The molecule has 0 fully saturated rings. The Kier molecular flexibility index (Phi) is 63.6. The van der Waals surface area contributed by atoms with Gasteiger partial charge in [-0.15, -0.1) is 0 Å². The second kappa shape index (κ2) is 28.4. The minimum absolute atomic E-state index is 0. The fourth-order valence-corrected chi connectivity index (χ4v) is 0. The maximum Gasteiger partial charge on any atom is 2.00 e. The van der Waals surface area contributed by atoms with Crippen molar-refractivity contribution >= 4 is 0 Å². The van der Waals surface area contributed by atoms with E-state index in [4.69, 9.17) is 18.6 Å². The molecule has 7 heteroatoms. The fraction of sp³-hybridized carbons (Fsp3) is 0. The Balaban J connectivity index is -0.0000000400. The molecule has 0 unspecified atom stereocenters. The van der Waals surface area contributed by atoms with Crippen LogP contribution in [0, 0.1) is 22.7 Å². The van der Waals surface area contributed by atoms with Crippen molar-refractivity contribution in [1.82, 2.24) is 0 Å². The van der Waals surface area contributed by atoms with Gasteiger partial charge in [0.05, 0.1) is 22.7 Å². The van der Waals surface area contributed by atoms with Gasteiger partial charge >= 0.3 is 16.8 Å². The summed E-state index contributed by atoms with van der Waals surface area (Å²) >= 11 is -0.833. The topological polar surface area (TPSA) is 92.2 Å². The summed E-state index contributed by atoms with van der Waals surface area (Å²) in [5, 5.41) is 0. The molecule has 0 saturated heterocycles. The normalized spacial score (nSPS) is 5.14. The van der Waals surface area contributed by atoms with Crippen molar-refractivity contribution in [2.24, 2.45) is 0 Å². The average Bonchev–Trinajstić information content (AvgIpc) is 1.39. The third-order valence-electron chi connectivity index (χ3n) is 0. The van der Waals surface area contributed by atoms with Gasteiger partial charge in [0, 0.05) is 0 Å². The van der Waals surface area contributed by atoms with Gasteiger partial charge in [0.25, 0.3) is 0 Å². The maximum atomic E-state index is 8.24. The van der Waals surface area contributed by atoms with Crippen molar-refractivity contribution in [2.45, 2.75) is 0 Å². The van der Waals surface area contributed by atoms with Crippen LogP contribution in [0.3, 0.4) is 0 Å². The summed E-state index contributed by atoms with van der Waals surface area (Å²) in [6, 6.07) is 0. The molecule has 0 aliphatic heterocycles. The van der Waals surface area contributed by atoms with Gasteiger partial charge in [0.2, 0.25) is 0 Å². The molecule has 0 aromatic carbocycles. The molecular weight excluding hydrogens is 194 g/mol. The van der Waals surface area contributed by atoms with Crippen LogP contribution in [0.1, 0.15) is 0 Å². The molecule has 0 aromatic heterocycles. The molecule has 0 saturated carbocycles. The maximum absolute atomic E-state index is 8.24. The molecular formula is Cl2CoO4. The zero-order valence-electron chi connectivity index (χ0n) is 2.72. The predicted octanol–water partition coefficient (Wildman–Crippen LogP) is -4.76. The Morgan fingerprint density at radius 1 is 0.714 bits per heavy atom. The van der Waals surface area contributed by atoms with Crippen molar-refractivity contribution in [2.75, 3.05) is 0 Å². The van der Waals surface area contributed by atoms with Gasteiger partial charge in [-0.25, -0.2) is 0 Å². The molecule has 4 nitrogen and oxygen atoms in total. The summed E-state index contributed by atoms with van der Waals surface area (Å²) in [7, 11) is 0. The second-order valence-electron chi connectivity index (χ2n) is 0.126. The molecule has 0 spiro atoms. The van der Waals surface area contributed by atoms with E-state index in [0.29, 0.717) is 0 Å². The van der Waals surface area contributed by atoms with E-state index in [9.17, 15) is 0 Å². The summed E-state index contributed by atoms with van der Waals surface area (Å²) < 4.78 is 32.9. The third-order valence-corrected chi connectivity index (χ3v) is 0. The van der Waals surface area contributed by atoms with Crippen molar-refractivity contribution in [3.05, 3.63) is 0 Å². The smallest absolute Gasteiger partial charge is 0.544 e. The Morgan fingerprint density at radius 3 is 0.714 bits per heavy atom. The van der Waals surface area contributed by atoms with Crippen LogP contribution in [0.2, 0.25) is 0 Å². The van der Waals surface area contributed by atoms with Crippen LogP contribution in [-0.2, 0) is 16.8 Å². The van der Waals surface area contributed by atoms with Crippen LogP contribution in [0.5, 0.6) is 0 Å². The molecule has 0 rings (SSSR count). The van der Waals surface area contributed by atoms with Crippen LogP contribution in [0.4, 0.5) is 0 Å². The van der Waals surface area contributed by atoms with Crippen molar-refractivity contribution in [3.63, 3.8) is 0 Å². The van der Waals surface area contributed by atoms with Crippen LogP contribution in [0.25, 0.3) is 0 Å². The minimum atomic E-state index is -0.417. The van der Waals surface area contributed by atoms with Gasteiger partial charge in [0.1, 0.15) is 0 Å². The van der Waals surface area contributed by atoms with Crippen molar-refractivity contribution in [1.29, 1.82) is 0 Å². The molecule has 0 aliphatic rings. The van der Waals surface area contributed by atoms with E-state index in [2.05, 4.69) is 0 Å². The quantitative estimate of drug-likeness (QED) is 0.386. The number of hydrogen-bond donors (Lipinski definition) is 0. The second-order valence-corrected chi connectivity index (χ2v) is 0.378. The molecule has 0 atom stereocenters. The van der Waals surface area contributed by atoms with E-state index in [1.807, 2.05) is 0 Å². The van der Waals surface area contributed by atoms with E-state index < -0.39 is 22.7 Å². The van der Waals surface area contributed by atoms with Gasteiger partial charge in [-0.3, -0.25) is 0 Å². The summed E-state index contributed by atoms with van der Waals surface area (Å²) in [6.07, 6.45) is 0. The van der Waals surface area contributed by atoms with Gasteiger partial charge in [-0.2, -0.15) is 0 Å². The van der Waals surface area contributed by atoms with Gasteiger partial charge in [0.15, 0.2) is 0 Å². The van der Waals surface area contributed by atoms with Crippen LogP contribution in [-0.4, -0.2) is 0 Å². The number of hydrogen-bond acceptors (Lipinski definition) is 4. The first kappa shape index (κ1) is 15.7. The predicted molar refractivity (Wildman–Crippen MR) is 0 cm³/mol. The summed E-state index contributed by atoms with van der Waals surface area (Å²) in [4.78, 5) is 0. The van der Waals surface area contributed by atoms with Crippen molar-refractivity contribution < 1.29 is 58.1 Å². The zero-order chi connectivity index (χ0) is 5.41. The Hall–Kier alpha value is 0.926. The van der Waals surface area contributed by atoms with E-state index in [1.54, 1.807) is 0 Å². The Bertz CT molecular complexity index is 11.7. The summed E-state index contributed by atoms with van der Waals surface area (Å²) in [5.74, 6) is 0. The molecule has 0 bridgehead atoms. The summed E-state index contributed by atoms with van der Waals surface area (Å²) in [6.45, 7) is 0. The molecule has 0 N–H and O–H groups in total. The molecule has 0 aromatic rings. The molecule has 0 heterocycles. The Morgan fingerprint density at radius 2 is 0.714 bits per heavy atom. The van der Waals surface area contributed by atoms with Crippen LogP contribution < -0.4 is 18.6 Å². The SMILES string of the molecule is [Co+2].[O-][Cl+][O-].[O-][Cl+][O-]. The summed E-state index contributed by atoms with van der Waals surface area (Å²) in [5.41, 5.74) is 0. The number of rotatable bonds is 0. The zero-order valence-corrected chi connectivity index (χ0v) is 5.28. The fourth-order valence-electron chi connectivity index (χ4n) is 0. The molecule has 0 aliphatic carbocycles. The average molecular weight is 194 g/mol. The standard InChI is InChI=1S/2ClO2.Co/c2*2-1-3;/q2*-1;+2. The monoisotopic (exact) mass is 193 g/mol. The first-order valence-corrected chi connectivity index (χ1v) is 1.85. The van der Waals surface area contributed by atoms with Crippen molar-refractivity contribution in [3.8, 4) is 0 Å². The molecule has 47 valence electrons. The third kappa shape index (κ3) is 196. The minimum Gasteiger partial charge on any atom is -0.544 e.